The number of pyridine rings is 1. The Morgan fingerprint density at radius 1 is 0.867 bits per heavy atom. The highest BCUT2D eigenvalue weighted by molar-refractivity contribution is 7.25. The van der Waals surface area contributed by atoms with Gasteiger partial charge in [0.15, 0.2) is 0 Å². The van der Waals surface area contributed by atoms with Gasteiger partial charge in [-0.2, -0.15) is 0 Å². The van der Waals surface area contributed by atoms with Gasteiger partial charge >= 0.3 is 0 Å². The van der Waals surface area contributed by atoms with Crippen molar-refractivity contribution in [3.8, 4) is 0 Å². The van der Waals surface area contributed by atoms with E-state index in [9.17, 15) is 4.79 Å². The Morgan fingerprint density at radius 3 is 2.10 bits per heavy atom. The van der Waals surface area contributed by atoms with Crippen LogP contribution in [0.5, 0.6) is 0 Å². The molecule has 148 valence electrons. The first-order valence-electron chi connectivity index (χ1n) is 9.52. The van der Waals surface area contributed by atoms with Crippen molar-refractivity contribution < 1.29 is 0 Å². The van der Waals surface area contributed by atoms with Gasteiger partial charge in [-0.3, -0.25) is 4.79 Å². The molecule has 0 saturated carbocycles. The summed E-state index contributed by atoms with van der Waals surface area (Å²) < 4.78 is 2.16. The van der Waals surface area contributed by atoms with Crippen molar-refractivity contribution in [3.63, 3.8) is 0 Å². The number of benzene rings is 2. The Morgan fingerprint density at radius 2 is 1.50 bits per heavy atom. The zero-order valence-corrected chi connectivity index (χ0v) is 17.4. The summed E-state index contributed by atoms with van der Waals surface area (Å²) in [4.78, 5) is 25.6. The summed E-state index contributed by atoms with van der Waals surface area (Å²) >= 11 is 1.38. The molecule has 0 amide bonds. The number of fused-ring (bicyclic) bond motifs is 3. The van der Waals surface area contributed by atoms with E-state index in [1.54, 1.807) is 17.2 Å². The summed E-state index contributed by atoms with van der Waals surface area (Å²) in [6.07, 6.45) is 3.37. The van der Waals surface area contributed by atoms with Gasteiger partial charge < -0.3 is 4.90 Å². The third kappa shape index (κ3) is 2.91. The van der Waals surface area contributed by atoms with E-state index in [0.29, 0.717) is 10.2 Å². The predicted molar refractivity (Wildman–Crippen MR) is 124 cm³/mol. The minimum atomic E-state index is -0.125. The molecule has 7 heteroatoms. The first-order valence-corrected chi connectivity index (χ1v) is 10.3. The first-order chi connectivity index (χ1) is 14.6. The molecule has 3 aromatic heterocycles. The van der Waals surface area contributed by atoms with Crippen LogP contribution in [0, 0.1) is 0 Å². The molecule has 0 aliphatic heterocycles. The molecule has 5 aromatic rings. The maximum absolute atomic E-state index is 13.6. The summed E-state index contributed by atoms with van der Waals surface area (Å²) in [7, 11) is 3.96. The summed E-state index contributed by atoms with van der Waals surface area (Å²) in [6.45, 7) is 0. The van der Waals surface area contributed by atoms with E-state index in [0.717, 1.165) is 27.3 Å². The van der Waals surface area contributed by atoms with Gasteiger partial charge in [-0.05, 0) is 30.3 Å². The standard InChI is InChI=1S/C23H19N5OS/c1-26(2)18-13-14-24-22-19(18)20-21(30-22)23(29)27(15-25-20)28(16-9-5-3-6-10-16)17-11-7-4-8-12-17/h3-15H,1-2H3. The van der Waals surface area contributed by atoms with E-state index in [4.69, 9.17) is 4.98 Å². The largest absolute Gasteiger partial charge is 0.377 e. The van der Waals surface area contributed by atoms with Crippen LogP contribution in [0.2, 0.25) is 0 Å². The monoisotopic (exact) mass is 413 g/mol. The number of rotatable bonds is 4. The molecule has 3 heterocycles. The highest BCUT2D eigenvalue weighted by Gasteiger charge is 2.20. The second-order valence-corrected chi connectivity index (χ2v) is 8.06. The third-order valence-electron chi connectivity index (χ3n) is 4.94. The molecule has 0 radical (unpaired) electrons. The van der Waals surface area contributed by atoms with E-state index >= 15 is 0 Å². The van der Waals surface area contributed by atoms with Crippen LogP contribution >= 0.6 is 11.3 Å². The second-order valence-electron chi connectivity index (χ2n) is 7.06. The van der Waals surface area contributed by atoms with Crippen LogP contribution in [0.1, 0.15) is 0 Å². The molecule has 0 atom stereocenters. The predicted octanol–water partition coefficient (Wildman–Crippen LogP) is 4.67. The summed E-state index contributed by atoms with van der Waals surface area (Å²) in [6, 6.07) is 21.6. The molecule has 0 aliphatic rings. The fraction of sp³-hybridized carbons (Fsp3) is 0.0870. The quantitative estimate of drug-likeness (QED) is 0.428. The molecule has 5 rings (SSSR count). The average Bonchev–Trinajstić information content (AvgIpc) is 3.17. The third-order valence-corrected chi connectivity index (χ3v) is 6.02. The molecule has 6 nitrogen and oxygen atoms in total. The van der Waals surface area contributed by atoms with Crippen LogP contribution < -0.4 is 15.5 Å². The number of hydrogen-bond donors (Lipinski definition) is 0. The lowest BCUT2D eigenvalue weighted by Gasteiger charge is -2.26. The Balaban J connectivity index is 1.79. The van der Waals surface area contributed by atoms with Crippen molar-refractivity contribution in [2.75, 3.05) is 24.0 Å². The van der Waals surface area contributed by atoms with E-state index in [2.05, 4.69) is 4.98 Å². The lowest BCUT2D eigenvalue weighted by Crippen LogP contribution is -2.34. The number of aromatic nitrogens is 3. The first kappa shape index (κ1) is 18.3. The molecule has 2 aromatic carbocycles. The van der Waals surface area contributed by atoms with E-state index in [1.165, 1.54) is 11.3 Å². The van der Waals surface area contributed by atoms with E-state index in [1.807, 2.05) is 90.7 Å². The van der Waals surface area contributed by atoms with Crippen LogP contribution in [-0.4, -0.2) is 28.7 Å². The van der Waals surface area contributed by atoms with Gasteiger partial charge in [-0.15, -0.1) is 11.3 Å². The number of thiophene rings is 1. The molecule has 0 bridgehead atoms. The Kier molecular flexibility index (Phi) is 4.44. The maximum Gasteiger partial charge on any atom is 0.290 e. The van der Waals surface area contributed by atoms with Gasteiger partial charge in [-0.1, -0.05) is 36.4 Å². The molecule has 30 heavy (non-hydrogen) atoms. The number of nitrogens with zero attached hydrogens (tertiary/aromatic N) is 5. The van der Waals surface area contributed by atoms with Gasteiger partial charge in [-0.25, -0.2) is 19.7 Å². The van der Waals surface area contributed by atoms with Crippen molar-refractivity contribution in [3.05, 3.63) is 89.6 Å². The number of anilines is 3. The van der Waals surface area contributed by atoms with Crippen LogP contribution in [0.25, 0.3) is 20.4 Å². The minimum absolute atomic E-state index is 0.125. The fourth-order valence-electron chi connectivity index (χ4n) is 3.58. The molecule has 0 saturated heterocycles. The highest BCUT2D eigenvalue weighted by atomic mass is 32.1. The lowest BCUT2D eigenvalue weighted by molar-refractivity contribution is 0.766. The Bertz CT molecular complexity index is 1350. The molecular formula is C23H19N5OS. The number of hydrogen-bond acceptors (Lipinski definition) is 6. The topological polar surface area (TPSA) is 54.3 Å². The summed E-state index contributed by atoms with van der Waals surface area (Å²) in [5, 5.41) is 2.79. The second kappa shape index (κ2) is 7.27. The minimum Gasteiger partial charge on any atom is -0.377 e. The summed E-state index contributed by atoms with van der Waals surface area (Å²) in [5.74, 6) is 0. The zero-order valence-electron chi connectivity index (χ0n) is 16.6. The SMILES string of the molecule is CN(C)c1ccnc2sc3c(=O)n(N(c4ccccc4)c4ccccc4)cnc3c12. The normalized spacial score (nSPS) is 11.1. The van der Waals surface area contributed by atoms with Crippen LogP contribution in [-0.2, 0) is 0 Å². The van der Waals surface area contributed by atoms with E-state index in [-0.39, 0.29) is 5.56 Å². The number of para-hydroxylation sites is 2. The molecule has 0 N–H and O–H groups in total. The van der Waals surface area contributed by atoms with Gasteiger partial charge in [0.2, 0.25) is 0 Å². The Hall–Kier alpha value is -3.71. The van der Waals surface area contributed by atoms with Crippen molar-refractivity contribution in [1.82, 2.24) is 14.6 Å². The van der Waals surface area contributed by atoms with Crippen LogP contribution in [0.3, 0.4) is 0 Å². The van der Waals surface area contributed by atoms with Crippen LogP contribution in [0.4, 0.5) is 17.1 Å². The van der Waals surface area contributed by atoms with Crippen molar-refractivity contribution in [2.45, 2.75) is 0 Å². The van der Waals surface area contributed by atoms with E-state index < -0.39 is 0 Å². The molecule has 0 aliphatic carbocycles. The van der Waals surface area contributed by atoms with Gasteiger partial charge in [0.05, 0.1) is 22.4 Å². The van der Waals surface area contributed by atoms with Crippen molar-refractivity contribution >= 4 is 48.8 Å². The molecule has 0 unspecified atom stereocenters. The smallest absolute Gasteiger partial charge is 0.290 e. The van der Waals surface area contributed by atoms with Gasteiger partial charge in [0, 0.05) is 20.3 Å². The van der Waals surface area contributed by atoms with Gasteiger partial charge in [0.1, 0.15) is 21.4 Å². The fourth-order valence-corrected chi connectivity index (χ4v) is 4.62. The average molecular weight is 414 g/mol. The molecular weight excluding hydrogens is 394 g/mol. The molecule has 0 spiro atoms. The zero-order chi connectivity index (χ0) is 20.7. The van der Waals surface area contributed by atoms with Crippen molar-refractivity contribution in [1.29, 1.82) is 0 Å². The van der Waals surface area contributed by atoms with Crippen LogP contribution in [0.15, 0.2) is 84.0 Å². The summed E-state index contributed by atoms with van der Waals surface area (Å²) in [5.41, 5.74) is 3.31. The van der Waals surface area contributed by atoms with Crippen molar-refractivity contribution in [2.24, 2.45) is 0 Å². The Labute approximate surface area is 177 Å². The maximum atomic E-state index is 13.6. The lowest BCUT2D eigenvalue weighted by atomic mass is 10.2. The highest BCUT2D eigenvalue weighted by Crippen LogP contribution is 2.35. The molecule has 0 fully saturated rings. The van der Waals surface area contributed by atoms with Gasteiger partial charge in [0.25, 0.3) is 5.56 Å².